The maximum absolute atomic E-state index is 12.9. The number of methoxy groups -OCH3 is 1. The Hall–Kier alpha value is -2.81. The van der Waals surface area contributed by atoms with E-state index in [-0.39, 0.29) is 23.3 Å². The smallest absolute Gasteiger partial charge is 0.407 e. The van der Waals surface area contributed by atoms with Gasteiger partial charge in [0.25, 0.3) is 0 Å². The predicted molar refractivity (Wildman–Crippen MR) is 109 cm³/mol. The summed E-state index contributed by atoms with van der Waals surface area (Å²) in [7, 11) is 1.33. The molecule has 4 rings (SSSR count). The van der Waals surface area contributed by atoms with Crippen molar-refractivity contribution in [2.45, 2.75) is 31.8 Å². The molecule has 1 aromatic rings. The van der Waals surface area contributed by atoms with Gasteiger partial charge in [-0.25, -0.2) is 9.59 Å². The van der Waals surface area contributed by atoms with Crippen LogP contribution in [0.1, 0.15) is 36.0 Å². The highest BCUT2D eigenvalue weighted by atomic mass is 16.5. The Labute approximate surface area is 174 Å². The number of benzene rings is 1. The number of hydrogen-bond donors (Lipinski definition) is 3. The number of hydrogen-bond acceptors (Lipinski definition) is 6. The van der Waals surface area contributed by atoms with Gasteiger partial charge >= 0.3 is 12.1 Å². The number of piperidine rings is 1. The first-order valence-electron chi connectivity index (χ1n) is 10.3. The lowest BCUT2D eigenvalue weighted by atomic mass is 9.91. The number of nitrogens with zero attached hydrogens (tertiary/aromatic N) is 1. The Morgan fingerprint density at radius 3 is 2.60 bits per heavy atom. The third kappa shape index (κ3) is 4.07. The summed E-state index contributed by atoms with van der Waals surface area (Å²) in [4.78, 5) is 37.3. The number of likely N-dealkylation sites (tertiary alicyclic amines) is 1. The van der Waals surface area contributed by atoms with Gasteiger partial charge in [0.15, 0.2) is 0 Å². The molecule has 3 fully saturated rings. The minimum atomic E-state index is -0.900. The van der Waals surface area contributed by atoms with Crippen LogP contribution in [0.4, 0.5) is 16.2 Å². The standard InChI is InChI=1S/C21H27N3O6/c1-29-19(26)13-2-3-16(17(10-13)22-12-14-4-9-30-14)23-18(25)15-11-21(15)5-7-24(8-6-21)20(27)28/h2-3,10,14-15,22H,4-9,11-12H2,1H3,(H,23,25)(H,27,28)/t14-,15?/m0/s1. The average molecular weight is 417 g/mol. The van der Waals surface area contributed by atoms with Crippen LogP contribution in [0.5, 0.6) is 0 Å². The van der Waals surface area contributed by atoms with Crippen molar-refractivity contribution < 1.29 is 29.0 Å². The molecule has 2 heterocycles. The fraction of sp³-hybridized carbons (Fsp3) is 0.571. The van der Waals surface area contributed by atoms with Gasteiger partial charge in [0.05, 0.1) is 30.2 Å². The van der Waals surface area contributed by atoms with Crippen LogP contribution in [-0.4, -0.2) is 67.4 Å². The van der Waals surface area contributed by atoms with Crippen LogP contribution in [0.2, 0.25) is 0 Å². The molecule has 1 aliphatic carbocycles. The van der Waals surface area contributed by atoms with Crippen molar-refractivity contribution in [1.29, 1.82) is 0 Å². The largest absolute Gasteiger partial charge is 0.465 e. The monoisotopic (exact) mass is 417 g/mol. The number of carboxylic acid groups (broad SMARTS) is 1. The summed E-state index contributed by atoms with van der Waals surface area (Å²) >= 11 is 0. The summed E-state index contributed by atoms with van der Waals surface area (Å²) in [6, 6.07) is 5.00. The van der Waals surface area contributed by atoms with E-state index >= 15 is 0 Å². The van der Waals surface area contributed by atoms with Crippen molar-refractivity contribution in [2.24, 2.45) is 11.3 Å². The minimum absolute atomic E-state index is 0.0625. The van der Waals surface area contributed by atoms with E-state index in [1.54, 1.807) is 18.2 Å². The summed E-state index contributed by atoms with van der Waals surface area (Å²) in [5.74, 6) is -0.619. The molecule has 0 aromatic heterocycles. The van der Waals surface area contributed by atoms with Crippen molar-refractivity contribution in [3.05, 3.63) is 23.8 Å². The summed E-state index contributed by atoms with van der Waals surface area (Å²) in [6.45, 7) is 2.29. The van der Waals surface area contributed by atoms with E-state index in [9.17, 15) is 14.4 Å². The van der Waals surface area contributed by atoms with Crippen molar-refractivity contribution in [3.63, 3.8) is 0 Å². The molecule has 2 saturated heterocycles. The van der Waals surface area contributed by atoms with E-state index in [2.05, 4.69) is 10.6 Å². The maximum atomic E-state index is 12.9. The maximum Gasteiger partial charge on any atom is 0.407 e. The topological polar surface area (TPSA) is 117 Å². The lowest BCUT2D eigenvalue weighted by Gasteiger charge is -2.30. The second kappa shape index (κ2) is 8.14. The number of esters is 1. The Kier molecular flexibility index (Phi) is 5.55. The summed E-state index contributed by atoms with van der Waals surface area (Å²) in [5, 5.41) is 15.4. The highest BCUT2D eigenvalue weighted by molar-refractivity contribution is 5.99. The molecule has 30 heavy (non-hydrogen) atoms. The predicted octanol–water partition coefficient (Wildman–Crippen LogP) is 2.39. The molecule has 9 nitrogen and oxygen atoms in total. The van der Waals surface area contributed by atoms with E-state index in [4.69, 9.17) is 14.6 Å². The van der Waals surface area contributed by atoms with Crippen LogP contribution in [-0.2, 0) is 14.3 Å². The van der Waals surface area contributed by atoms with Gasteiger partial charge in [-0.3, -0.25) is 4.79 Å². The molecule has 2 atom stereocenters. The molecule has 1 unspecified atom stereocenters. The van der Waals surface area contributed by atoms with Gasteiger partial charge in [0.1, 0.15) is 0 Å². The third-order valence-corrected chi connectivity index (χ3v) is 6.55. The van der Waals surface area contributed by atoms with Crippen molar-refractivity contribution in [1.82, 2.24) is 4.90 Å². The Morgan fingerprint density at radius 2 is 2.00 bits per heavy atom. The highest BCUT2D eigenvalue weighted by Gasteiger charge is 2.58. The first kappa shape index (κ1) is 20.5. The summed E-state index contributed by atoms with van der Waals surface area (Å²) in [6.07, 6.45) is 2.41. The Morgan fingerprint density at radius 1 is 1.27 bits per heavy atom. The molecule has 1 spiro atoms. The van der Waals surface area contributed by atoms with E-state index in [0.717, 1.165) is 19.4 Å². The van der Waals surface area contributed by atoms with E-state index in [0.29, 0.717) is 49.4 Å². The number of nitrogens with one attached hydrogen (secondary N) is 2. The zero-order valence-electron chi connectivity index (χ0n) is 17.0. The number of rotatable bonds is 6. The second-order valence-electron chi connectivity index (χ2n) is 8.29. The third-order valence-electron chi connectivity index (χ3n) is 6.55. The first-order chi connectivity index (χ1) is 14.4. The quantitative estimate of drug-likeness (QED) is 0.609. The van der Waals surface area contributed by atoms with Crippen molar-refractivity contribution in [3.8, 4) is 0 Å². The average Bonchev–Trinajstić information content (AvgIpc) is 3.40. The SMILES string of the molecule is COC(=O)c1ccc(NC(=O)C2CC23CCN(C(=O)O)CC3)c(NC[C@@H]2CCO2)c1. The van der Waals surface area contributed by atoms with Gasteiger partial charge in [0.2, 0.25) is 5.91 Å². The number of carbonyl (C=O) groups is 3. The lowest BCUT2D eigenvalue weighted by molar-refractivity contribution is -0.118. The minimum Gasteiger partial charge on any atom is -0.465 e. The van der Waals surface area contributed by atoms with Crippen molar-refractivity contribution >= 4 is 29.3 Å². The Balaban J connectivity index is 1.42. The molecule has 1 saturated carbocycles. The van der Waals surface area contributed by atoms with Gasteiger partial charge in [0, 0.05) is 32.2 Å². The highest BCUT2D eigenvalue weighted by Crippen LogP contribution is 2.59. The molecule has 162 valence electrons. The zero-order chi connectivity index (χ0) is 21.3. The van der Waals surface area contributed by atoms with E-state index in [1.165, 1.54) is 12.0 Å². The molecule has 0 radical (unpaired) electrons. The molecule has 9 heteroatoms. The van der Waals surface area contributed by atoms with Crippen LogP contribution in [0, 0.1) is 11.3 Å². The summed E-state index contributed by atoms with van der Waals surface area (Å²) in [5.41, 5.74) is 1.57. The van der Waals surface area contributed by atoms with E-state index < -0.39 is 12.1 Å². The normalized spacial score (nSPS) is 24.0. The molecule has 2 amide bonds. The number of carbonyl (C=O) groups excluding carboxylic acids is 2. The van der Waals surface area contributed by atoms with Gasteiger partial charge in [-0.1, -0.05) is 0 Å². The Bertz CT molecular complexity index is 845. The van der Waals surface area contributed by atoms with Crippen molar-refractivity contribution in [2.75, 3.05) is 44.0 Å². The van der Waals surface area contributed by atoms with E-state index in [1.807, 2.05) is 0 Å². The lowest BCUT2D eigenvalue weighted by Crippen LogP contribution is -2.39. The fourth-order valence-electron chi connectivity index (χ4n) is 4.35. The molecule has 2 aliphatic heterocycles. The molecule has 1 aromatic carbocycles. The number of amides is 2. The first-order valence-corrected chi connectivity index (χ1v) is 10.3. The van der Waals surface area contributed by atoms with Crippen LogP contribution in [0.15, 0.2) is 18.2 Å². The van der Waals surface area contributed by atoms with Crippen LogP contribution in [0.3, 0.4) is 0 Å². The molecular formula is C21H27N3O6. The molecule has 3 N–H and O–H groups in total. The second-order valence-corrected chi connectivity index (χ2v) is 8.29. The number of anilines is 2. The molecule has 0 bridgehead atoms. The van der Waals surface area contributed by atoms with Gasteiger partial charge < -0.3 is 30.1 Å². The zero-order valence-corrected chi connectivity index (χ0v) is 17.0. The van der Waals surface area contributed by atoms with Gasteiger partial charge in [-0.05, 0) is 49.3 Å². The van der Waals surface area contributed by atoms with Crippen LogP contribution in [0.25, 0.3) is 0 Å². The number of ether oxygens (including phenoxy) is 2. The summed E-state index contributed by atoms with van der Waals surface area (Å²) < 4.78 is 10.2. The van der Waals surface area contributed by atoms with Gasteiger partial charge in [-0.2, -0.15) is 0 Å². The molecular weight excluding hydrogens is 390 g/mol. The fourth-order valence-corrected chi connectivity index (χ4v) is 4.35. The van der Waals surface area contributed by atoms with Gasteiger partial charge in [-0.15, -0.1) is 0 Å². The van der Waals surface area contributed by atoms with Crippen LogP contribution >= 0.6 is 0 Å². The molecule has 3 aliphatic rings. The van der Waals surface area contributed by atoms with Crippen LogP contribution < -0.4 is 10.6 Å².